The summed E-state index contributed by atoms with van der Waals surface area (Å²) >= 11 is 0. The summed E-state index contributed by atoms with van der Waals surface area (Å²) in [6, 6.07) is 0.601. The van der Waals surface area contributed by atoms with E-state index in [0.29, 0.717) is 6.04 Å². The van der Waals surface area contributed by atoms with E-state index in [4.69, 9.17) is 0 Å². The molecule has 0 atom stereocenters. The van der Waals surface area contributed by atoms with Crippen molar-refractivity contribution in [2.75, 3.05) is 6.54 Å². The molecule has 2 rings (SSSR count). The Morgan fingerprint density at radius 1 is 1.31 bits per heavy atom. The van der Waals surface area contributed by atoms with Crippen LogP contribution in [0.1, 0.15) is 45.3 Å². The normalized spacial score (nSPS) is 16.8. The van der Waals surface area contributed by atoms with Crippen molar-refractivity contribution >= 4 is 0 Å². The van der Waals surface area contributed by atoms with Gasteiger partial charge in [0.1, 0.15) is 5.82 Å². The van der Waals surface area contributed by atoms with Gasteiger partial charge in [-0.15, -0.1) is 0 Å². The van der Waals surface area contributed by atoms with Crippen molar-refractivity contribution in [3.63, 3.8) is 0 Å². The van der Waals surface area contributed by atoms with Crippen LogP contribution in [0.4, 0.5) is 0 Å². The van der Waals surface area contributed by atoms with Gasteiger partial charge >= 0.3 is 0 Å². The molecule has 0 bridgehead atoms. The van der Waals surface area contributed by atoms with E-state index in [1.807, 2.05) is 0 Å². The summed E-state index contributed by atoms with van der Waals surface area (Å²) < 4.78 is 2.09. The van der Waals surface area contributed by atoms with Crippen molar-refractivity contribution in [3.8, 4) is 0 Å². The number of aryl methyl sites for hydroxylation is 1. The molecule has 4 nitrogen and oxygen atoms in total. The highest BCUT2D eigenvalue weighted by Gasteiger charge is 2.20. The third-order valence-corrected chi connectivity index (χ3v) is 3.22. The molecule has 16 heavy (non-hydrogen) atoms. The van der Waals surface area contributed by atoms with Crippen LogP contribution in [0.2, 0.25) is 0 Å². The van der Waals surface area contributed by atoms with E-state index >= 15 is 0 Å². The van der Waals surface area contributed by atoms with Gasteiger partial charge < -0.3 is 0 Å². The average Bonchev–Trinajstić information content (AvgIpc) is 2.67. The Labute approximate surface area is 97.7 Å². The molecular formula is C12H22N4. The first kappa shape index (κ1) is 11.6. The summed E-state index contributed by atoms with van der Waals surface area (Å²) in [6.07, 6.45) is 3.43. The molecule has 90 valence electrons. The summed E-state index contributed by atoms with van der Waals surface area (Å²) in [5.41, 5.74) is 0. The molecule has 0 aromatic carbocycles. The molecule has 0 unspecified atom stereocenters. The molecule has 4 heteroatoms. The third-order valence-electron chi connectivity index (χ3n) is 3.22. The van der Waals surface area contributed by atoms with E-state index in [1.165, 1.54) is 12.8 Å². The Kier molecular flexibility index (Phi) is 3.59. The molecule has 0 saturated heterocycles. The Bertz CT molecular complexity index is 343. The minimum Gasteiger partial charge on any atom is -0.292 e. The van der Waals surface area contributed by atoms with E-state index in [1.54, 1.807) is 0 Å². The zero-order valence-electron chi connectivity index (χ0n) is 10.6. The fourth-order valence-electron chi connectivity index (χ4n) is 2.09. The number of unbranched alkanes of at least 4 members (excludes halogenated alkanes) is 1. The molecule has 0 amide bonds. The van der Waals surface area contributed by atoms with Gasteiger partial charge in [-0.1, -0.05) is 13.3 Å². The first-order valence-electron chi connectivity index (χ1n) is 6.37. The van der Waals surface area contributed by atoms with Gasteiger partial charge in [-0.3, -0.25) is 4.90 Å². The van der Waals surface area contributed by atoms with Gasteiger partial charge in [-0.05, 0) is 20.3 Å². The number of hydrogen-bond donors (Lipinski definition) is 0. The lowest BCUT2D eigenvalue weighted by Gasteiger charge is -2.29. The molecule has 1 aliphatic heterocycles. The Morgan fingerprint density at radius 3 is 2.81 bits per heavy atom. The van der Waals surface area contributed by atoms with Crippen LogP contribution < -0.4 is 0 Å². The van der Waals surface area contributed by atoms with Crippen molar-refractivity contribution in [2.45, 2.75) is 59.2 Å². The van der Waals surface area contributed by atoms with Crippen LogP contribution >= 0.6 is 0 Å². The van der Waals surface area contributed by atoms with E-state index in [0.717, 1.165) is 37.7 Å². The van der Waals surface area contributed by atoms with Gasteiger partial charge in [0, 0.05) is 19.0 Å². The largest absolute Gasteiger partial charge is 0.292 e. The lowest BCUT2D eigenvalue weighted by atomic mass is 10.2. The fraction of sp³-hybridized carbons (Fsp3) is 0.833. The molecule has 1 aromatic rings. The molecule has 0 radical (unpaired) electrons. The van der Waals surface area contributed by atoms with Crippen LogP contribution in [0.3, 0.4) is 0 Å². The Balaban J connectivity index is 2.04. The summed E-state index contributed by atoms with van der Waals surface area (Å²) in [5, 5.41) is 4.56. The number of fused-ring (bicyclic) bond motifs is 1. The maximum atomic E-state index is 4.63. The number of aromatic nitrogens is 3. The predicted octanol–water partition coefficient (Wildman–Crippen LogP) is 1.84. The van der Waals surface area contributed by atoms with Gasteiger partial charge in [-0.2, -0.15) is 5.10 Å². The SMILES string of the molecule is CCCCc1nc2n(n1)CCN(C(C)C)C2. The monoisotopic (exact) mass is 222 g/mol. The Hall–Kier alpha value is -0.900. The lowest BCUT2D eigenvalue weighted by molar-refractivity contribution is 0.167. The topological polar surface area (TPSA) is 34.0 Å². The van der Waals surface area contributed by atoms with Crippen molar-refractivity contribution in [2.24, 2.45) is 0 Å². The molecule has 1 aromatic heterocycles. The highest BCUT2D eigenvalue weighted by molar-refractivity contribution is 4.96. The first-order chi connectivity index (χ1) is 7.70. The average molecular weight is 222 g/mol. The van der Waals surface area contributed by atoms with Crippen LogP contribution in [0.15, 0.2) is 0 Å². The van der Waals surface area contributed by atoms with Crippen molar-refractivity contribution in [1.29, 1.82) is 0 Å². The highest BCUT2D eigenvalue weighted by Crippen LogP contribution is 2.13. The van der Waals surface area contributed by atoms with Gasteiger partial charge in [0.25, 0.3) is 0 Å². The summed E-state index contributed by atoms with van der Waals surface area (Å²) in [7, 11) is 0. The Morgan fingerprint density at radius 2 is 2.12 bits per heavy atom. The van der Waals surface area contributed by atoms with Gasteiger partial charge in [-0.25, -0.2) is 9.67 Å². The zero-order chi connectivity index (χ0) is 11.5. The molecule has 0 spiro atoms. The highest BCUT2D eigenvalue weighted by atomic mass is 15.4. The van der Waals surface area contributed by atoms with Gasteiger partial charge in [0.15, 0.2) is 5.82 Å². The molecule has 0 saturated carbocycles. The summed E-state index contributed by atoms with van der Waals surface area (Å²) in [4.78, 5) is 7.08. The second-order valence-corrected chi connectivity index (χ2v) is 4.84. The van der Waals surface area contributed by atoms with Gasteiger partial charge in [0.2, 0.25) is 0 Å². The van der Waals surface area contributed by atoms with Crippen molar-refractivity contribution < 1.29 is 0 Å². The molecule has 0 aliphatic carbocycles. The molecule has 2 heterocycles. The van der Waals surface area contributed by atoms with E-state index in [9.17, 15) is 0 Å². The van der Waals surface area contributed by atoms with Crippen LogP contribution in [-0.4, -0.2) is 32.3 Å². The van der Waals surface area contributed by atoms with Crippen molar-refractivity contribution in [1.82, 2.24) is 19.7 Å². The molecule has 0 fully saturated rings. The second-order valence-electron chi connectivity index (χ2n) is 4.84. The number of nitrogens with zero attached hydrogens (tertiary/aromatic N) is 4. The van der Waals surface area contributed by atoms with Crippen molar-refractivity contribution in [3.05, 3.63) is 11.6 Å². The molecule has 0 N–H and O–H groups in total. The third kappa shape index (κ3) is 2.43. The quantitative estimate of drug-likeness (QED) is 0.779. The smallest absolute Gasteiger partial charge is 0.151 e. The van der Waals surface area contributed by atoms with E-state index in [2.05, 4.69) is 40.4 Å². The number of rotatable bonds is 4. The number of hydrogen-bond acceptors (Lipinski definition) is 3. The minimum absolute atomic E-state index is 0.601. The van der Waals surface area contributed by atoms with Crippen LogP contribution in [0.25, 0.3) is 0 Å². The maximum Gasteiger partial charge on any atom is 0.151 e. The fourth-order valence-corrected chi connectivity index (χ4v) is 2.09. The van der Waals surface area contributed by atoms with Gasteiger partial charge in [0.05, 0.1) is 13.1 Å². The second kappa shape index (κ2) is 4.95. The zero-order valence-corrected chi connectivity index (χ0v) is 10.6. The minimum atomic E-state index is 0.601. The summed E-state index contributed by atoms with van der Waals surface area (Å²) in [5.74, 6) is 2.17. The van der Waals surface area contributed by atoms with E-state index in [-0.39, 0.29) is 0 Å². The maximum absolute atomic E-state index is 4.63. The summed E-state index contributed by atoms with van der Waals surface area (Å²) in [6.45, 7) is 9.73. The lowest BCUT2D eigenvalue weighted by Crippen LogP contribution is -2.38. The van der Waals surface area contributed by atoms with E-state index < -0.39 is 0 Å². The molecular weight excluding hydrogens is 200 g/mol. The van der Waals surface area contributed by atoms with Crippen LogP contribution in [-0.2, 0) is 19.5 Å². The molecule has 1 aliphatic rings. The standard InChI is InChI=1S/C12H22N4/c1-4-5-6-11-13-12-9-15(10(2)3)7-8-16(12)14-11/h10H,4-9H2,1-3H3. The van der Waals surface area contributed by atoms with Crippen LogP contribution in [0, 0.1) is 0 Å². The predicted molar refractivity (Wildman–Crippen MR) is 64.2 cm³/mol. The first-order valence-corrected chi connectivity index (χ1v) is 6.37. The van der Waals surface area contributed by atoms with Crippen LogP contribution in [0.5, 0.6) is 0 Å².